The third-order valence-electron chi connectivity index (χ3n) is 4.16. The van der Waals surface area contributed by atoms with Gasteiger partial charge in [-0.1, -0.05) is 12.1 Å². The highest BCUT2D eigenvalue weighted by Gasteiger charge is 2.29. The molecule has 2 atom stereocenters. The molecule has 1 aliphatic heterocycles. The molecular weight excluding hydrogens is 433 g/mol. The number of nitrogens with zero attached hydrogens (tertiary/aromatic N) is 1. The van der Waals surface area contributed by atoms with Crippen LogP contribution in [0.2, 0.25) is 0 Å². The molecule has 0 bridgehead atoms. The highest BCUT2D eigenvalue weighted by molar-refractivity contribution is 14.0. The van der Waals surface area contributed by atoms with Gasteiger partial charge in [0, 0.05) is 19.7 Å². The van der Waals surface area contributed by atoms with Crippen LogP contribution in [-0.2, 0) is 4.74 Å². The van der Waals surface area contributed by atoms with Crippen LogP contribution in [0.25, 0.3) is 0 Å². The second kappa shape index (κ2) is 10.8. The van der Waals surface area contributed by atoms with Crippen LogP contribution in [0.3, 0.4) is 0 Å². The Morgan fingerprint density at radius 1 is 1.44 bits per heavy atom. The number of rotatable bonds is 7. The molecule has 1 heterocycles. The second-order valence-corrected chi connectivity index (χ2v) is 6.27. The van der Waals surface area contributed by atoms with Crippen molar-refractivity contribution < 1.29 is 14.6 Å². The number of aliphatic hydroxyl groups is 1. The number of guanidine groups is 1. The van der Waals surface area contributed by atoms with Crippen molar-refractivity contribution in [2.75, 3.05) is 33.4 Å². The van der Waals surface area contributed by atoms with Gasteiger partial charge in [-0.05, 0) is 44.4 Å². The summed E-state index contributed by atoms with van der Waals surface area (Å²) in [5.74, 6) is 1.43. The summed E-state index contributed by atoms with van der Waals surface area (Å²) in [7, 11) is 1.62. The Hall–Kier alpha value is -1.06. The Balaban J connectivity index is 0.00000312. The summed E-state index contributed by atoms with van der Waals surface area (Å²) in [5, 5.41) is 16.8. The number of nitrogens with one attached hydrogen (secondary N) is 2. The van der Waals surface area contributed by atoms with Crippen molar-refractivity contribution in [2.45, 2.75) is 38.4 Å². The van der Waals surface area contributed by atoms with E-state index in [9.17, 15) is 5.11 Å². The van der Waals surface area contributed by atoms with Crippen molar-refractivity contribution in [3.05, 3.63) is 29.8 Å². The Morgan fingerprint density at radius 2 is 2.24 bits per heavy atom. The van der Waals surface area contributed by atoms with Gasteiger partial charge >= 0.3 is 0 Å². The maximum Gasteiger partial charge on any atom is 0.191 e. The number of methoxy groups -OCH3 is 1. The molecule has 0 saturated carbocycles. The molecule has 0 radical (unpaired) electrons. The third kappa shape index (κ3) is 6.99. The Bertz CT molecular complexity index is 548. The van der Waals surface area contributed by atoms with Crippen molar-refractivity contribution >= 4 is 29.9 Å². The highest BCUT2D eigenvalue weighted by atomic mass is 127. The summed E-state index contributed by atoms with van der Waals surface area (Å²) in [6.07, 6.45) is 1.48. The smallest absolute Gasteiger partial charge is 0.191 e. The van der Waals surface area contributed by atoms with Crippen LogP contribution in [-0.4, -0.2) is 50.0 Å². The maximum absolute atomic E-state index is 10.4. The monoisotopic (exact) mass is 463 g/mol. The lowest BCUT2D eigenvalue weighted by atomic mass is 10.0. The van der Waals surface area contributed by atoms with E-state index in [1.807, 2.05) is 31.2 Å². The number of benzene rings is 1. The minimum atomic E-state index is -0.637. The number of aliphatic imine (C=N–C) groups is 1. The zero-order valence-corrected chi connectivity index (χ0v) is 17.6. The molecule has 3 N–H and O–H groups in total. The van der Waals surface area contributed by atoms with E-state index >= 15 is 0 Å². The predicted octanol–water partition coefficient (Wildman–Crippen LogP) is 2.47. The van der Waals surface area contributed by atoms with Crippen LogP contribution in [0.15, 0.2) is 29.3 Å². The number of hydrogen-bond donors (Lipinski definition) is 3. The molecule has 0 amide bonds. The van der Waals surface area contributed by atoms with Gasteiger partial charge in [0.15, 0.2) is 5.96 Å². The maximum atomic E-state index is 10.4. The van der Waals surface area contributed by atoms with Gasteiger partial charge in [0.1, 0.15) is 5.75 Å². The van der Waals surface area contributed by atoms with E-state index < -0.39 is 6.10 Å². The fourth-order valence-electron chi connectivity index (χ4n) is 2.71. The molecule has 0 aromatic heterocycles. The average Bonchev–Trinajstić information content (AvgIpc) is 3.04. The fraction of sp³-hybridized carbons (Fsp3) is 0.611. The summed E-state index contributed by atoms with van der Waals surface area (Å²) < 4.78 is 11.0. The molecule has 2 unspecified atom stereocenters. The molecule has 2 rings (SSSR count). The van der Waals surface area contributed by atoms with E-state index in [2.05, 4.69) is 22.5 Å². The van der Waals surface area contributed by atoms with Gasteiger partial charge in [-0.3, -0.25) is 4.99 Å². The van der Waals surface area contributed by atoms with Crippen molar-refractivity contribution in [3.63, 3.8) is 0 Å². The lowest BCUT2D eigenvalue weighted by molar-refractivity contribution is 0.0283. The molecule has 25 heavy (non-hydrogen) atoms. The van der Waals surface area contributed by atoms with E-state index in [1.54, 1.807) is 7.11 Å². The first kappa shape index (κ1) is 22.0. The summed E-state index contributed by atoms with van der Waals surface area (Å²) in [5.41, 5.74) is 0.636. The number of ether oxygens (including phenoxy) is 2. The molecule has 1 aromatic rings. The van der Waals surface area contributed by atoms with Crippen LogP contribution in [0.5, 0.6) is 5.75 Å². The van der Waals surface area contributed by atoms with Gasteiger partial charge in [-0.15, -0.1) is 24.0 Å². The SMILES string of the molecule is CCNC(=NCC1(C)CCCO1)NCC(O)c1cccc(OC)c1.I. The third-order valence-corrected chi connectivity index (χ3v) is 4.16. The molecular formula is C18H30IN3O3. The number of halogens is 1. The molecule has 1 aliphatic rings. The quantitative estimate of drug-likeness (QED) is 0.329. The lowest BCUT2D eigenvalue weighted by Gasteiger charge is -2.22. The van der Waals surface area contributed by atoms with E-state index in [0.29, 0.717) is 19.0 Å². The Morgan fingerprint density at radius 3 is 2.88 bits per heavy atom. The van der Waals surface area contributed by atoms with Crippen LogP contribution in [0.1, 0.15) is 38.4 Å². The van der Waals surface area contributed by atoms with Gasteiger partial charge in [-0.25, -0.2) is 0 Å². The molecule has 7 heteroatoms. The molecule has 1 fully saturated rings. The Labute approximate surface area is 167 Å². The molecule has 0 spiro atoms. The fourth-order valence-corrected chi connectivity index (χ4v) is 2.71. The van der Waals surface area contributed by atoms with Gasteiger partial charge in [-0.2, -0.15) is 0 Å². The highest BCUT2D eigenvalue weighted by Crippen LogP contribution is 2.25. The second-order valence-electron chi connectivity index (χ2n) is 6.27. The summed E-state index contributed by atoms with van der Waals surface area (Å²) in [6.45, 7) is 6.67. The summed E-state index contributed by atoms with van der Waals surface area (Å²) in [4.78, 5) is 4.60. The molecule has 1 saturated heterocycles. The van der Waals surface area contributed by atoms with Gasteiger partial charge in [0.25, 0.3) is 0 Å². The molecule has 1 aromatic carbocycles. The van der Waals surface area contributed by atoms with Crippen LogP contribution < -0.4 is 15.4 Å². The standard InChI is InChI=1S/C18H29N3O3.HI/c1-4-19-17(21-13-18(2)9-6-10-24-18)20-12-16(22)14-7-5-8-15(11-14)23-3;/h5,7-8,11,16,22H,4,6,9-10,12-13H2,1-3H3,(H2,19,20,21);1H. The largest absolute Gasteiger partial charge is 0.497 e. The van der Waals surface area contributed by atoms with Crippen molar-refractivity contribution in [1.29, 1.82) is 0 Å². The Kier molecular flexibility index (Phi) is 9.52. The zero-order chi connectivity index (χ0) is 17.4. The van der Waals surface area contributed by atoms with Gasteiger partial charge in [0.2, 0.25) is 0 Å². The van der Waals surface area contributed by atoms with Crippen molar-refractivity contribution in [1.82, 2.24) is 10.6 Å². The van der Waals surface area contributed by atoms with Crippen molar-refractivity contribution in [2.24, 2.45) is 4.99 Å². The van der Waals surface area contributed by atoms with Crippen LogP contribution in [0.4, 0.5) is 0 Å². The minimum absolute atomic E-state index is 0. The molecule has 142 valence electrons. The number of hydrogen-bond acceptors (Lipinski definition) is 4. The normalized spacial score (nSPS) is 21.4. The molecule has 0 aliphatic carbocycles. The van der Waals surface area contributed by atoms with Crippen LogP contribution >= 0.6 is 24.0 Å². The van der Waals surface area contributed by atoms with Gasteiger partial charge < -0.3 is 25.2 Å². The van der Waals surface area contributed by atoms with E-state index in [0.717, 1.165) is 37.3 Å². The number of aliphatic hydroxyl groups excluding tert-OH is 1. The first-order valence-corrected chi connectivity index (χ1v) is 8.54. The van der Waals surface area contributed by atoms with Gasteiger partial charge in [0.05, 0.1) is 25.4 Å². The minimum Gasteiger partial charge on any atom is -0.497 e. The van der Waals surface area contributed by atoms with Crippen LogP contribution in [0, 0.1) is 0 Å². The zero-order valence-electron chi connectivity index (χ0n) is 15.2. The summed E-state index contributed by atoms with van der Waals surface area (Å²) >= 11 is 0. The lowest BCUT2D eigenvalue weighted by Crippen LogP contribution is -2.41. The van der Waals surface area contributed by atoms with E-state index in [4.69, 9.17) is 9.47 Å². The first-order valence-electron chi connectivity index (χ1n) is 8.54. The molecule has 6 nitrogen and oxygen atoms in total. The van der Waals surface area contributed by atoms with E-state index in [-0.39, 0.29) is 29.6 Å². The first-order chi connectivity index (χ1) is 11.6. The summed E-state index contributed by atoms with van der Waals surface area (Å²) in [6, 6.07) is 7.45. The van der Waals surface area contributed by atoms with E-state index in [1.165, 1.54) is 0 Å². The topological polar surface area (TPSA) is 75.1 Å². The average molecular weight is 463 g/mol. The predicted molar refractivity (Wildman–Crippen MR) is 111 cm³/mol. The van der Waals surface area contributed by atoms with Crippen molar-refractivity contribution in [3.8, 4) is 5.75 Å².